The van der Waals surface area contributed by atoms with Crippen LogP contribution in [0.2, 0.25) is 0 Å². The Bertz CT molecular complexity index is 764. The Hall–Kier alpha value is -1.63. The summed E-state index contributed by atoms with van der Waals surface area (Å²) in [4.78, 5) is 0. The molecule has 1 aliphatic heterocycles. The highest BCUT2D eigenvalue weighted by Gasteiger charge is 2.65. The van der Waals surface area contributed by atoms with Gasteiger partial charge in [-0.1, -0.05) is 38.1 Å². The highest BCUT2D eigenvalue weighted by Crippen LogP contribution is 2.52. The van der Waals surface area contributed by atoms with Crippen molar-refractivity contribution < 1.29 is 13.2 Å². The molecule has 0 saturated carbocycles. The van der Waals surface area contributed by atoms with Crippen LogP contribution >= 0.6 is 0 Å². The van der Waals surface area contributed by atoms with Gasteiger partial charge in [0.15, 0.2) is 0 Å². The molecule has 0 saturated heterocycles. The van der Waals surface area contributed by atoms with Crippen molar-refractivity contribution in [1.82, 2.24) is 5.32 Å². The first-order chi connectivity index (χ1) is 15.9. The molecular weight excluding hydrogens is 445 g/mol. The third-order valence-electron chi connectivity index (χ3n) is 6.82. The molecule has 11 N–H and O–H groups in total. The standard InChI is InChI=1S/C23H41F3N8/c1-3-16(27)18(29)9-10-20(31)21(12-11-19(30)17(28)4-2)32-13-14-5-7-15(8-6-14)22(33-34-22)23(24,25)26/h5-8,16-21,32H,3-4,9-13,27-31H2,1-2H3. The van der Waals surface area contributed by atoms with Crippen molar-refractivity contribution in [2.75, 3.05) is 0 Å². The summed E-state index contributed by atoms with van der Waals surface area (Å²) in [7, 11) is 0. The fourth-order valence-corrected chi connectivity index (χ4v) is 4.01. The van der Waals surface area contributed by atoms with Crippen molar-refractivity contribution in [1.29, 1.82) is 0 Å². The number of nitrogens with two attached hydrogens (primary N) is 5. The molecule has 11 heteroatoms. The molecule has 0 aromatic heterocycles. The number of hydrogen-bond acceptors (Lipinski definition) is 8. The van der Waals surface area contributed by atoms with Crippen molar-refractivity contribution in [2.45, 2.75) is 107 Å². The summed E-state index contributed by atoms with van der Waals surface area (Å²) in [5, 5.41) is 9.94. The van der Waals surface area contributed by atoms with Crippen LogP contribution in [0.15, 0.2) is 34.5 Å². The lowest BCUT2D eigenvalue weighted by Gasteiger charge is -2.29. The van der Waals surface area contributed by atoms with Crippen LogP contribution in [0, 0.1) is 0 Å². The summed E-state index contributed by atoms with van der Waals surface area (Å²) in [6, 6.07) is 5.47. The summed E-state index contributed by atoms with van der Waals surface area (Å²) in [6.45, 7) is 4.45. The fraction of sp³-hybridized carbons (Fsp3) is 0.739. The van der Waals surface area contributed by atoms with Crippen LogP contribution in [0.1, 0.15) is 63.5 Å². The average molecular weight is 487 g/mol. The minimum atomic E-state index is -4.54. The maximum Gasteiger partial charge on any atom is 0.442 e. The molecule has 8 nitrogen and oxygen atoms in total. The van der Waals surface area contributed by atoms with Gasteiger partial charge in [0.25, 0.3) is 0 Å². The smallest absolute Gasteiger partial charge is 0.326 e. The second kappa shape index (κ2) is 12.4. The molecule has 0 bridgehead atoms. The Morgan fingerprint density at radius 1 is 0.765 bits per heavy atom. The summed E-state index contributed by atoms with van der Waals surface area (Å²) in [5.74, 6) is 0. The number of alkyl halides is 3. The number of benzene rings is 1. The zero-order valence-corrected chi connectivity index (χ0v) is 20.1. The molecule has 1 aromatic carbocycles. The van der Waals surface area contributed by atoms with Gasteiger partial charge in [0, 0.05) is 48.4 Å². The number of nitrogens with zero attached hydrogens (tertiary/aromatic N) is 2. The minimum absolute atomic E-state index is 0.0118. The van der Waals surface area contributed by atoms with E-state index in [1.165, 1.54) is 12.1 Å². The highest BCUT2D eigenvalue weighted by molar-refractivity contribution is 5.32. The highest BCUT2D eigenvalue weighted by atomic mass is 19.4. The Morgan fingerprint density at radius 3 is 1.68 bits per heavy atom. The van der Waals surface area contributed by atoms with Crippen molar-refractivity contribution >= 4 is 0 Å². The summed E-state index contributed by atoms with van der Waals surface area (Å²) < 4.78 is 39.6. The Morgan fingerprint density at radius 2 is 1.24 bits per heavy atom. The van der Waals surface area contributed by atoms with Gasteiger partial charge in [-0.2, -0.15) is 13.2 Å². The molecular formula is C23H41F3N8. The van der Waals surface area contributed by atoms with Crippen molar-refractivity contribution in [3.05, 3.63) is 35.4 Å². The second-order valence-electron chi connectivity index (χ2n) is 9.34. The normalized spacial score (nSPS) is 20.4. The van der Waals surface area contributed by atoms with Crippen LogP contribution in [0.5, 0.6) is 0 Å². The third-order valence-corrected chi connectivity index (χ3v) is 6.82. The number of hydrogen-bond donors (Lipinski definition) is 6. The summed E-state index contributed by atoms with van der Waals surface area (Å²) in [6.07, 6.45) is -0.125. The Labute approximate surface area is 200 Å². The molecule has 6 unspecified atom stereocenters. The van der Waals surface area contributed by atoms with Gasteiger partial charge < -0.3 is 34.0 Å². The molecule has 1 aromatic rings. The molecule has 2 rings (SSSR count). The van der Waals surface area contributed by atoms with E-state index in [1.54, 1.807) is 12.1 Å². The monoisotopic (exact) mass is 486 g/mol. The van der Waals surface area contributed by atoms with Gasteiger partial charge in [0.1, 0.15) is 0 Å². The quantitative estimate of drug-likeness (QED) is 0.222. The molecule has 1 heterocycles. The van der Waals surface area contributed by atoms with Crippen molar-refractivity contribution in [2.24, 2.45) is 38.9 Å². The van der Waals surface area contributed by atoms with Crippen LogP contribution in [0.25, 0.3) is 0 Å². The van der Waals surface area contributed by atoms with E-state index >= 15 is 0 Å². The van der Waals surface area contributed by atoms with E-state index in [4.69, 9.17) is 28.7 Å². The van der Waals surface area contributed by atoms with Crippen molar-refractivity contribution in [3.8, 4) is 0 Å². The zero-order chi connectivity index (χ0) is 25.5. The average Bonchev–Trinajstić information content (AvgIpc) is 3.63. The number of rotatable bonds is 15. The molecule has 0 spiro atoms. The third kappa shape index (κ3) is 7.43. The first-order valence-corrected chi connectivity index (χ1v) is 12.1. The van der Waals surface area contributed by atoms with Crippen molar-refractivity contribution in [3.63, 3.8) is 0 Å². The molecule has 1 aliphatic rings. The van der Waals surface area contributed by atoms with Gasteiger partial charge in [0.05, 0.1) is 0 Å². The summed E-state index contributed by atoms with van der Waals surface area (Å²) in [5.41, 5.74) is 29.5. The largest absolute Gasteiger partial charge is 0.442 e. The first kappa shape index (κ1) is 28.6. The van der Waals surface area contributed by atoms with Gasteiger partial charge >= 0.3 is 11.8 Å². The van der Waals surface area contributed by atoms with E-state index in [0.717, 1.165) is 24.8 Å². The van der Waals surface area contributed by atoms with E-state index in [9.17, 15) is 13.2 Å². The molecule has 0 radical (unpaired) electrons. The van der Waals surface area contributed by atoms with Gasteiger partial charge in [-0.15, -0.1) is 10.2 Å². The predicted molar refractivity (Wildman–Crippen MR) is 129 cm³/mol. The lowest BCUT2D eigenvalue weighted by molar-refractivity contribution is -0.166. The zero-order valence-electron chi connectivity index (χ0n) is 20.1. The lowest BCUT2D eigenvalue weighted by Crippen LogP contribution is -2.49. The summed E-state index contributed by atoms with van der Waals surface area (Å²) >= 11 is 0. The SMILES string of the molecule is CCC(N)C(N)CCC(N)C(CCC(N)C(N)CC)NCc1ccc(C2(C(F)(F)F)N=N2)cc1. The van der Waals surface area contributed by atoms with E-state index in [1.807, 2.05) is 13.8 Å². The maximum atomic E-state index is 13.2. The van der Waals surface area contributed by atoms with Gasteiger partial charge in [-0.05, 0) is 44.1 Å². The van der Waals surface area contributed by atoms with Crippen LogP contribution in [0.4, 0.5) is 13.2 Å². The Balaban J connectivity index is 1.99. The van der Waals surface area contributed by atoms with E-state index in [0.29, 0.717) is 25.8 Å². The maximum absolute atomic E-state index is 13.2. The van der Waals surface area contributed by atoms with Crippen LogP contribution in [0.3, 0.4) is 0 Å². The number of nitrogens with one attached hydrogen (secondary N) is 1. The molecule has 194 valence electrons. The van der Waals surface area contributed by atoms with E-state index in [-0.39, 0.29) is 41.8 Å². The molecule has 34 heavy (non-hydrogen) atoms. The topological polar surface area (TPSA) is 167 Å². The van der Waals surface area contributed by atoms with Gasteiger partial charge in [-0.3, -0.25) is 0 Å². The molecule has 0 amide bonds. The predicted octanol–water partition coefficient (Wildman–Crippen LogP) is 2.34. The van der Waals surface area contributed by atoms with Gasteiger partial charge in [-0.25, -0.2) is 0 Å². The molecule has 0 fully saturated rings. The van der Waals surface area contributed by atoms with Crippen LogP contribution < -0.4 is 34.0 Å². The number of halogens is 3. The Kier molecular flexibility index (Phi) is 10.4. The fourth-order valence-electron chi connectivity index (χ4n) is 4.01. The van der Waals surface area contributed by atoms with Crippen LogP contribution in [-0.2, 0) is 12.2 Å². The minimum Gasteiger partial charge on any atom is -0.326 e. The van der Waals surface area contributed by atoms with E-state index in [2.05, 4.69) is 15.5 Å². The first-order valence-electron chi connectivity index (χ1n) is 12.1. The molecule has 0 aliphatic carbocycles. The van der Waals surface area contributed by atoms with E-state index < -0.39 is 11.8 Å². The van der Waals surface area contributed by atoms with Crippen LogP contribution in [-0.4, -0.2) is 42.4 Å². The van der Waals surface area contributed by atoms with Gasteiger partial charge in [0.2, 0.25) is 0 Å². The lowest BCUT2D eigenvalue weighted by atomic mass is 9.92. The second-order valence-corrected chi connectivity index (χ2v) is 9.34. The molecule has 6 atom stereocenters.